The summed E-state index contributed by atoms with van der Waals surface area (Å²) in [5, 5.41) is 7.61. The zero-order valence-corrected chi connectivity index (χ0v) is 19.9. The standard InChI is InChI=1S/C17H25N5O8S2/c1-8-10(13(24)22(8)32(26,27)28)20-12(23)11(9-7-31-15(18)19-9)21-30-17(5,6)14(25)29-16(2,3)4/h7-8,10H,1-6H3,(H2,18,19)(H,20,23)(H,26,27,28)/b21-11-/t8-,10-/m1/s1. The molecule has 0 saturated carbocycles. The largest absolute Gasteiger partial charge is 0.457 e. The van der Waals surface area contributed by atoms with E-state index in [0.29, 0.717) is 0 Å². The lowest BCUT2D eigenvalue weighted by Gasteiger charge is -2.42. The third kappa shape index (κ3) is 5.72. The molecule has 32 heavy (non-hydrogen) atoms. The van der Waals surface area contributed by atoms with Crippen molar-refractivity contribution in [3.05, 3.63) is 11.1 Å². The Morgan fingerprint density at radius 2 is 1.91 bits per heavy atom. The number of hydrogen-bond acceptors (Lipinski definition) is 11. The van der Waals surface area contributed by atoms with Gasteiger partial charge in [-0.1, -0.05) is 5.16 Å². The average molecular weight is 492 g/mol. The number of nitrogens with one attached hydrogen (secondary N) is 1. The fraction of sp³-hybridized carbons (Fsp3) is 0.588. The number of nitrogen functional groups attached to an aromatic ring is 1. The highest BCUT2D eigenvalue weighted by Crippen LogP contribution is 2.24. The molecule has 1 fully saturated rings. The maximum absolute atomic E-state index is 12.8. The van der Waals surface area contributed by atoms with Gasteiger partial charge in [0.2, 0.25) is 5.60 Å². The minimum absolute atomic E-state index is 0.0102. The normalized spacial score (nSPS) is 19.9. The Hall–Kier alpha value is -2.78. The maximum Gasteiger partial charge on any atom is 0.362 e. The number of oxime groups is 1. The average Bonchev–Trinajstić information content (AvgIpc) is 3.03. The fourth-order valence-electron chi connectivity index (χ4n) is 2.51. The quantitative estimate of drug-likeness (QED) is 0.155. The van der Waals surface area contributed by atoms with E-state index in [1.807, 2.05) is 0 Å². The van der Waals surface area contributed by atoms with E-state index in [9.17, 15) is 22.8 Å². The minimum Gasteiger partial charge on any atom is -0.457 e. The summed E-state index contributed by atoms with van der Waals surface area (Å²) in [6.45, 7) is 9.11. The number of aromatic nitrogens is 1. The molecule has 13 nitrogen and oxygen atoms in total. The van der Waals surface area contributed by atoms with Crippen molar-refractivity contribution < 1.29 is 36.9 Å². The molecule has 1 aliphatic rings. The number of ether oxygens (including phenoxy) is 1. The Morgan fingerprint density at radius 3 is 2.34 bits per heavy atom. The Kier molecular flexibility index (Phi) is 6.87. The van der Waals surface area contributed by atoms with Crippen molar-refractivity contribution in [2.45, 2.75) is 64.8 Å². The van der Waals surface area contributed by atoms with Crippen LogP contribution in [-0.4, -0.2) is 69.0 Å². The van der Waals surface area contributed by atoms with Crippen molar-refractivity contribution in [1.82, 2.24) is 14.6 Å². The molecule has 2 amide bonds. The molecule has 2 rings (SSSR count). The van der Waals surface area contributed by atoms with Gasteiger partial charge in [-0.3, -0.25) is 14.1 Å². The van der Waals surface area contributed by atoms with E-state index in [-0.39, 0.29) is 15.1 Å². The molecular formula is C17H25N5O8S2. The van der Waals surface area contributed by atoms with Crippen molar-refractivity contribution >= 4 is 50.3 Å². The molecule has 0 bridgehead atoms. The lowest BCUT2D eigenvalue weighted by atomic mass is 10.0. The Morgan fingerprint density at radius 1 is 1.31 bits per heavy atom. The number of β-lactam (4-membered cyclic amide) rings is 1. The van der Waals surface area contributed by atoms with E-state index in [2.05, 4.69) is 15.5 Å². The fourth-order valence-corrected chi connectivity index (χ4v) is 3.94. The summed E-state index contributed by atoms with van der Waals surface area (Å²) in [7, 11) is -4.76. The van der Waals surface area contributed by atoms with Crippen LogP contribution in [0.4, 0.5) is 5.13 Å². The van der Waals surface area contributed by atoms with Gasteiger partial charge in [-0.05, 0) is 41.5 Å². The van der Waals surface area contributed by atoms with E-state index in [0.717, 1.165) is 11.3 Å². The number of carbonyl (C=O) groups excluding carboxylic acids is 3. The van der Waals surface area contributed by atoms with Crippen molar-refractivity contribution in [3.63, 3.8) is 0 Å². The van der Waals surface area contributed by atoms with Gasteiger partial charge in [-0.2, -0.15) is 8.42 Å². The van der Waals surface area contributed by atoms with Crippen LogP contribution in [0.2, 0.25) is 0 Å². The van der Waals surface area contributed by atoms with E-state index >= 15 is 0 Å². The highest BCUT2D eigenvalue weighted by atomic mass is 32.2. The van der Waals surface area contributed by atoms with Crippen LogP contribution in [0.5, 0.6) is 0 Å². The van der Waals surface area contributed by atoms with E-state index in [1.54, 1.807) is 20.8 Å². The van der Waals surface area contributed by atoms with Gasteiger partial charge < -0.3 is 20.6 Å². The lowest BCUT2D eigenvalue weighted by molar-refractivity contribution is -0.179. The monoisotopic (exact) mass is 491 g/mol. The molecule has 178 valence electrons. The smallest absolute Gasteiger partial charge is 0.362 e. The van der Waals surface area contributed by atoms with Gasteiger partial charge in [-0.15, -0.1) is 11.3 Å². The molecule has 0 spiro atoms. The van der Waals surface area contributed by atoms with Crippen LogP contribution in [0.1, 0.15) is 47.2 Å². The molecule has 0 aromatic carbocycles. The third-order valence-corrected chi connectivity index (χ3v) is 5.79. The van der Waals surface area contributed by atoms with E-state index < -0.39 is 57.1 Å². The number of thiazole rings is 1. The molecule has 1 saturated heterocycles. The predicted molar refractivity (Wildman–Crippen MR) is 114 cm³/mol. The number of rotatable bonds is 7. The zero-order valence-electron chi connectivity index (χ0n) is 18.3. The Labute approximate surface area is 188 Å². The number of esters is 1. The first-order valence-electron chi connectivity index (χ1n) is 9.26. The number of amides is 2. The van der Waals surface area contributed by atoms with E-state index in [1.165, 1.54) is 26.2 Å². The van der Waals surface area contributed by atoms with Gasteiger partial charge in [0.05, 0.1) is 6.04 Å². The van der Waals surface area contributed by atoms with Crippen LogP contribution < -0.4 is 11.1 Å². The molecule has 1 aliphatic heterocycles. The molecule has 0 unspecified atom stereocenters. The van der Waals surface area contributed by atoms with Crippen molar-refractivity contribution in [1.29, 1.82) is 0 Å². The van der Waals surface area contributed by atoms with Crippen molar-refractivity contribution in [3.8, 4) is 0 Å². The van der Waals surface area contributed by atoms with Gasteiger partial charge in [0.15, 0.2) is 10.8 Å². The number of carbonyl (C=O) groups is 3. The molecule has 1 aromatic heterocycles. The summed E-state index contributed by atoms with van der Waals surface area (Å²) in [5.41, 5.74) is 2.85. The summed E-state index contributed by atoms with van der Waals surface area (Å²) in [6, 6.07) is -2.29. The summed E-state index contributed by atoms with van der Waals surface area (Å²) in [4.78, 5) is 46.5. The first-order chi connectivity index (χ1) is 14.4. The maximum atomic E-state index is 12.8. The topological polar surface area (TPSA) is 191 Å². The molecule has 0 radical (unpaired) electrons. The van der Waals surface area contributed by atoms with Crippen LogP contribution in [0.3, 0.4) is 0 Å². The van der Waals surface area contributed by atoms with Crippen LogP contribution in [0.25, 0.3) is 0 Å². The molecule has 0 aliphatic carbocycles. The van der Waals surface area contributed by atoms with Crippen LogP contribution in [0, 0.1) is 0 Å². The lowest BCUT2D eigenvalue weighted by Crippen LogP contribution is -2.71. The zero-order chi connectivity index (χ0) is 24.6. The van der Waals surface area contributed by atoms with Gasteiger partial charge in [0.25, 0.3) is 11.8 Å². The molecular weight excluding hydrogens is 466 g/mol. The predicted octanol–water partition coefficient (Wildman–Crippen LogP) is 0.0846. The van der Waals surface area contributed by atoms with Crippen molar-refractivity contribution in [2.24, 2.45) is 5.16 Å². The number of nitrogens with zero attached hydrogens (tertiary/aromatic N) is 3. The van der Waals surface area contributed by atoms with E-state index in [4.69, 9.17) is 19.9 Å². The second-order valence-electron chi connectivity index (χ2n) is 8.42. The SMILES string of the molecule is C[C@@H]1[C@@H](NC(=O)/C(=N\OC(C)(C)C(=O)OC(C)(C)C)c2csc(N)n2)C(=O)N1S(=O)(=O)O. The Bertz CT molecular complexity index is 1060. The first-order valence-corrected chi connectivity index (χ1v) is 11.5. The van der Waals surface area contributed by atoms with Crippen molar-refractivity contribution in [2.75, 3.05) is 5.73 Å². The van der Waals surface area contributed by atoms with Gasteiger partial charge in [0.1, 0.15) is 17.3 Å². The molecule has 2 atom stereocenters. The first kappa shape index (κ1) is 25.5. The highest BCUT2D eigenvalue weighted by Gasteiger charge is 2.51. The van der Waals surface area contributed by atoms with Gasteiger partial charge in [-0.25, -0.2) is 14.1 Å². The summed E-state index contributed by atoms with van der Waals surface area (Å²) >= 11 is 1.01. The summed E-state index contributed by atoms with van der Waals surface area (Å²) < 4.78 is 37.1. The summed E-state index contributed by atoms with van der Waals surface area (Å²) in [6.07, 6.45) is 0. The number of nitrogens with two attached hydrogens (primary N) is 1. The number of anilines is 1. The second kappa shape index (κ2) is 8.63. The van der Waals surface area contributed by atoms with Gasteiger partial charge >= 0.3 is 16.3 Å². The molecule has 4 N–H and O–H groups in total. The minimum atomic E-state index is -4.76. The van der Waals surface area contributed by atoms with Crippen LogP contribution in [0.15, 0.2) is 10.5 Å². The second-order valence-corrected chi connectivity index (χ2v) is 10.6. The van der Waals surface area contributed by atoms with Crippen LogP contribution in [-0.2, 0) is 34.3 Å². The molecule has 15 heteroatoms. The molecule has 1 aromatic rings. The summed E-state index contributed by atoms with van der Waals surface area (Å²) in [5.74, 6) is -2.70. The Balaban J connectivity index is 2.26. The highest BCUT2D eigenvalue weighted by molar-refractivity contribution is 7.84. The third-order valence-electron chi connectivity index (χ3n) is 4.11. The van der Waals surface area contributed by atoms with Gasteiger partial charge in [0, 0.05) is 5.38 Å². The van der Waals surface area contributed by atoms with Crippen LogP contribution >= 0.6 is 11.3 Å². The molecule has 2 heterocycles. The number of hydrogen-bond donors (Lipinski definition) is 3.